The van der Waals surface area contributed by atoms with E-state index in [2.05, 4.69) is 65.8 Å². The second kappa shape index (κ2) is 7.63. The van der Waals surface area contributed by atoms with E-state index in [0.717, 1.165) is 29.8 Å². The lowest BCUT2D eigenvalue weighted by molar-refractivity contribution is 0.471. The summed E-state index contributed by atoms with van der Waals surface area (Å²) in [6, 6.07) is 25.5. The van der Waals surface area contributed by atoms with E-state index in [9.17, 15) is 0 Å². The van der Waals surface area contributed by atoms with Gasteiger partial charge in [0.15, 0.2) is 0 Å². The molecule has 130 valence electrons. The molecule has 1 fully saturated rings. The molecule has 0 amide bonds. The Hall–Kier alpha value is -2.78. The highest BCUT2D eigenvalue weighted by molar-refractivity contribution is 5.96. The smallest absolute Gasteiger partial charge is 0.0723 e. The van der Waals surface area contributed by atoms with Gasteiger partial charge >= 0.3 is 0 Å². The lowest BCUT2D eigenvalue weighted by Crippen LogP contribution is -2.45. The van der Waals surface area contributed by atoms with Crippen molar-refractivity contribution >= 4 is 11.4 Å². The number of nitrogens with one attached hydrogen (secondary N) is 1. The molecule has 1 aliphatic rings. The van der Waals surface area contributed by atoms with Gasteiger partial charge in [0.1, 0.15) is 0 Å². The third kappa shape index (κ3) is 3.73. The average molecular weight is 341 g/mol. The fourth-order valence-corrected chi connectivity index (χ4v) is 3.29. The Morgan fingerprint density at radius 1 is 1.00 bits per heavy atom. The van der Waals surface area contributed by atoms with E-state index in [4.69, 9.17) is 4.99 Å². The van der Waals surface area contributed by atoms with Gasteiger partial charge in [0.25, 0.3) is 0 Å². The van der Waals surface area contributed by atoms with Crippen molar-refractivity contribution < 1.29 is 0 Å². The maximum atomic E-state index is 4.89. The Bertz CT molecular complexity index is 888. The van der Waals surface area contributed by atoms with Crippen molar-refractivity contribution in [1.82, 2.24) is 10.3 Å². The molecule has 4 rings (SSSR count). The fourth-order valence-electron chi connectivity index (χ4n) is 3.29. The summed E-state index contributed by atoms with van der Waals surface area (Å²) in [4.78, 5) is 9.38. The molecule has 2 atom stereocenters. The highest BCUT2D eigenvalue weighted by atomic mass is 15.0. The molecule has 26 heavy (non-hydrogen) atoms. The van der Waals surface area contributed by atoms with Crippen LogP contribution in [0.15, 0.2) is 84.0 Å². The maximum Gasteiger partial charge on any atom is 0.0723 e. The van der Waals surface area contributed by atoms with Crippen LogP contribution in [-0.4, -0.2) is 16.7 Å². The van der Waals surface area contributed by atoms with Crippen molar-refractivity contribution in [2.75, 3.05) is 0 Å². The van der Waals surface area contributed by atoms with E-state index in [1.807, 2.05) is 30.5 Å². The predicted molar refractivity (Wildman–Crippen MR) is 108 cm³/mol. The number of aliphatic imine (C=N–C) groups is 1. The number of hydrogen-bond donors (Lipinski definition) is 1. The van der Waals surface area contributed by atoms with Crippen LogP contribution in [0.1, 0.15) is 31.4 Å². The summed E-state index contributed by atoms with van der Waals surface area (Å²) in [6.07, 6.45) is 4.05. The third-order valence-corrected chi connectivity index (χ3v) is 4.93. The van der Waals surface area contributed by atoms with E-state index in [0.29, 0.717) is 12.1 Å². The van der Waals surface area contributed by atoms with Gasteiger partial charge in [0.05, 0.1) is 11.4 Å². The molecular formula is C23H23N3. The minimum atomic E-state index is 0.323. The van der Waals surface area contributed by atoms with Gasteiger partial charge in [-0.3, -0.25) is 9.98 Å². The number of rotatable bonds is 5. The molecule has 1 aliphatic carbocycles. The van der Waals surface area contributed by atoms with Crippen molar-refractivity contribution in [1.29, 1.82) is 0 Å². The second-order valence-corrected chi connectivity index (χ2v) is 6.76. The molecule has 3 heteroatoms. The molecule has 2 aromatic carbocycles. The van der Waals surface area contributed by atoms with Crippen LogP contribution >= 0.6 is 0 Å². The minimum absolute atomic E-state index is 0.323. The summed E-state index contributed by atoms with van der Waals surface area (Å²) in [5.41, 5.74) is 5.62. The van der Waals surface area contributed by atoms with E-state index in [1.54, 1.807) is 0 Å². The van der Waals surface area contributed by atoms with Crippen molar-refractivity contribution in [2.45, 2.75) is 31.8 Å². The van der Waals surface area contributed by atoms with Crippen LogP contribution in [-0.2, 0) is 0 Å². The topological polar surface area (TPSA) is 37.3 Å². The van der Waals surface area contributed by atoms with E-state index in [-0.39, 0.29) is 0 Å². The lowest BCUT2D eigenvalue weighted by atomic mass is 9.88. The standard InChI is InChI=1S/C23H23N3/c1-17(18-8-4-2-5-9-18)25-21-12-13-22(21)26-20-14-15-24-23(16-20)19-10-6-3-7-11-19/h2-11,14-17,21,25H,12-13H2,1H3/t17-,21?/m1/s1. The monoisotopic (exact) mass is 341 g/mol. The van der Waals surface area contributed by atoms with Crippen LogP contribution in [0.5, 0.6) is 0 Å². The summed E-state index contributed by atoms with van der Waals surface area (Å²) >= 11 is 0. The third-order valence-electron chi connectivity index (χ3n) is 4.93. The Kier molecular flexibility index (Phi) is 4.89. The molecule has 0 aliphatic heterocycles. The highest BCUT2D eigenvalue weighted by Gasteiger charge is 2.27. The molecule has 0 radical (unpaired) electrons. The first-order valence-electron chi connectivity index (χ1n) is 9.19. The zero-order valence-corrected chi connectivity index (χ0v) is 15.0. The van der Waals surface area contributed by atoms with Crippen LogP contribution in [0.4, 0.5) is 5.69 Å². The normalized spacial score (nSPS) is 19.1. The SMILES string of the molecule is C[C@@H](NC1CCC1=Nc1ccnc(-c2ccccc2)c1)c1ccccc1. The number of benzene rings is 2. The average Bonchev–Trinajstić information content (AvgIpc) is 2.71. The van der Waals surface area contributed by atoms with Gasteiger partial charge in [-0.1, -0.05) is 60.7 Å². The van der Waals surface area contributed by atoms with Crippen molar-refractivity contribution in [3.05, 3.63) is 84.6 Å². The van der Waals surface area contributed by atoms with Crippen LogP contribution < -0.4 is 5.32 Å². The quantitative estimate of drug-likeness (QED) is 0.680. The van der Waals surface area contributed by atoms with Crippen molar-refractivity contribution in [2.24, 2.45) is 4.99 Å². The van der Waals surface area contributed by atoms with Crippen molar-refractivity contribution in [3.63, 3.8) is 0 Å². The van der Waals surface area contributed by atoms with Gasteiger partial charge in [0, 0.05) is 29.6 Å². The summed E-state index contributed by atoms with van der Waals surface area (Å²) in [5.74, 6) is 0. The molecular weight excluding hydrogens is 318 g/mol. The summed E-state index contributed by atoms with van der Waals surface area (Å²) in [5, 5.41) is 3.70. The minimum Gasteiger partial charge on any atom is -0.302 e. The van der Waals surface area contributed by atoms with Crippen LogP contribution in [0.2, 0.25) is 0 Å². The molecule has 3 aromatic rings. The second-order valence-electron chi connectivity index (χ2n) is 6.76. The van der Waals surface area contributed by atoms with Gasteiger partial charge in [-0.15, -0.1) is 0 Å². The number of pyridine rings is 1. The molecule has 1 N–H and O–H groups in total. The molecule has 1 aromatic heterocycles. The molecule has 0 bridgehead atoms. The van der Waals surface area contributed by atoms with Crippen LogP contribution in [0.25, 0.3) is 11.3 Å². The largest absolute Gasteiger partial charge is 0.302 e. The molecule has 1 saturated carbocycles. The number of aromatic nitrogens is 1. The first kappa shape index (κ1) is 16.7. The highest BCUT2D eigenvalue weighted by Crippen LogP contribution is 2.26. The van der Waals surface area contributed by atoms with Gasteiger partial charge in [-0.05, 0) is 37.5 Å². The zero-order chi connectivity index (χ0) is 17.8. The van der Waals surface area contributed by atoms with Crippen LogP contribution in [0, 0.1) is 0 Å². The molecule has 0 saturated heterocycles. The van der Waals surface area contributed by atoms with E-state index >= 15 is 0 Å². The van der Waals surface area contributed by atoms with Gasteiger partial charge in [-0.2, -0.15) is 0 Å². The van der Waals surface area contributed by atoms with E-state index in [1.165, 1.54) is 11.3 Å². The lowest BCUT2D eigenvalue weighted by Gasteiger charge is -2.32. The van der Waals surface area contributed by atoms with Gasteiger partial charge in [-0.25, -0.2) is 0 Å². The van der Waals surface area contributed by atoms with Crippen molar-refractivity contribution in [3.8, 4) is 11.3 Å². The predicted octanol–water partition coefficient (Wildman–Crippen LogP) is 5.33. The van der Waals surface area contributed by atoms with Gasteiger partial charge in [0.2, 0.25) is 0 Å². The molecule has 1 unspecified atom stereocenters. The molecule has 1 heterocycles. The van der Waals surface area contributed by atoms with E-state index < -0.39 is 0 Å². The van der Waals surface area contributed by atoms with Gasteiger partial charge < -0.3 is 5.32 Å². The Labute approximate surface area is 154 Å². The Balaban J connectivity index is 1.48. The Morgan fingerprint density at radius 2 is 1.73 bits per heavy atom. The maximum absolute atomic E-state index is 4.89. The molecule has 0 spiro atoms. The fraction of sp³-hybridized carbons (Fsp3) is 0.217. The number of nitrogens with zero attached hydrogens (tertiary/aromatic N) is 2. The summed E-state index contributed by atoms with van der Waals surface area (Å²) in [7, 11) is 0. The number of hydrogen-bond acceptors (Lipinski definition) is 3. The summed E-state index contributed by atoms with van der Waals surface area (Å²) in [6.45, 7) is 2.21. The van der Waals surface area contributed by atoms with Crippen LogP contribution in [0.3, 0.4) is 0 Å². The first-order valence-corrected chi connectivity index (χ1v) is 9.19. The zero-order valence-electron chi connectivity index (χ0n) is 15.0. The first-order chi connectivity index (χ1) is 12.8. The Morgan fingerprint density at radius 3 is 2.42 bits per heavy atom. The summed E-state index contributed by atoms with van der Waals surface area (Å²) < 4.78 is 0. The molecule has 3 nitrogen and oxygen atoms in total.